The summed E-state index contributed by atoms with van der Waals surface area (Å²) in [4.78, 5) is 26.8. The van der Waals surface area contributed by atoms with Crippen LogP contribution in [0.3, 0.4) is 0 Å². The monoisotopic (exact) mass is 364 g/mol. The van der Waals surface area contributed by atoms with Crippen molar-refractivity contribution in [3.05, 3.63) is 41.6 Å². The van der Waals surface area contributed by atoms with Gasteiger partial charge in [0.05, 0.1) is 12.2 Å². The van der Waals surface area contributed by atoms with E-state index < -0.39 is 0 Å². The molecule has 1 aromatic heterocycles. The van der Waals surface area contributed by atoms with Crippen LogP contribution in [0, 0.1) is 0 Å². The Morgan fingerprint density at radius 3 is 2.56 bits per heavy atom. The Morgan fingerprint density at radius 2 is 1.81 bits per heavy atom. The van der Waals surface area contributed by atoms with Crippen LogP contribution >= 0.6 is 0 Å². The average molecular weight is 364 g/mol. The highest BCUT2D eigenvalue weighted by atomic mass is 16.2. The first-order chi connectivity index (χ1) is 13.3. The molecule has 0 aliphatic carbocycles. The van der Waals surface area contributed by atoms with Gasteiger partial charge in [-0.25, -0.2) is 9.97 Å². The molecule has 0 bridgehead atoms. The van der Waals surface area contributed by atoms with Crippen LogP contribution in [0.4, 0.5) is 5.82 Å². The standard InChI is InChI=1S/C22H28N4O/c1-2-9-20(27)26-15-12-19-18(16-26)22(25-13-7-4-8-14-25)24-21(23-19)17-10-5-3-6-11-17/h3,5-6,10-11H,2,4,7-9,12-16H2,1H3. The third kappa shape index (κ3) is 3.82. The molecule has 0 atom stereocenters. The molecular weight excluding hydrogens is 336 g/mol. The first-order valence-corrected chi connectivity index (χ1v) is 10.2. The lowest BCUT2D eigenvalue weighted by Crippen LogP contribution is -2.39. The molecule has 0 saturated carbocycles. The molecule has 1 aromatic carbocycles. The number of hydrogen-bond acceptors (Lipinski definition) is 4. The Balaban J connectivity index is 1.73. The van der Waals surface area contributed by atoms with Gasteiger partial charge in [0.15, 0.2) is 5.82 Å². The van der Waals surface area contributed by atoms with Gasteiger partial charge in [-0.05, 0) is 25.7 Å². The quantitative estimate of drug-likeness (QED) is 0.828. The van der Waals surface area contributed by atoms with Crippen molar-refractivity contribution in [2.45, 2.75) is 52.0 Å². The van der Waals surface area contributed by atoms with Gasteiger partial charge in [-0.3, -0.25) is 4.79 Å². The fraction of sp³-hybridized carbons (Fsp3) is 0.500. The van der Waals surface area contributed by atoms with Crippen LogP contribution in [0.2, 0.25) is 0 Å². The lowest BCUT2D eigenvalue weighted by molar-refractivity contribution is -0.132. The second-order valence-electron chi connectivity index (χ2n) is 7.53. The summed E-state index contributed by atoms with van der Waals surface area (Å²) in [6, 6.07) is 10.2. The number of benzene rings is 1. The third-order valence-corrected chi connectivity index (χ3v) is 5.54. The molecule has 0 unspecified atom stereocenters. The molecule has 0 N–H and O–H groups in total. The maximum atomic E-state index is 12.5. The predicted octanol–water partition coefficient (Wildman–Crippen LogP) is 3.82. The van der Waals surface area contributed by atoms with Gasteiger partial charge < -0.3 is 9.80 Å². The van der Waals surface area contributed by atoms with Gasteiger partial charge >= 0.3 is 0 Å². The zero-order valence-electron chi connectivity index (χ0n) is 16.2. The molecule has 2 aliphatic heterocycles. The summed E-state index contributed by atoms with van der Waals surface area (Å²) in [7, 11) is 0. The van der Waals surface area contributed by atoms with E-state index in [0.29, 0.717) is 13.0 Å². The normalized spacial score (nSPS) is 16.9. The van der Waals surface area contributed by atoms with Crippen molar-refractivity contribution in [1.29, 1.82) is 0 Å². The van der Waals surface area contributed by atoms with E-state index in [9.17, 15) is 4.79 Å². The van der Waals surface area contributed by atoms with E-state index in [1.807, 2.05) is 23.1 Å². The lowest BCUT2D eigenvalue weighted by Gasteiger charge is -2.34. The fourth-order valence-corrected chi connectivity index (χ4v) is 4.07. The average Bonchev–Trinajstić information content (AvgIpc) is 2.74. The Labute approximate surface area is 161 Å². The summed E-state index contributed by atoms with van der Waals surface area (Å²) in [5, 5.41) is 0. The maximum absolute atomic E-state index is 12.5. The molecule has 0 radical (unpaired) electrons. The van der Waals surface area contributed by atoms with Crippen LogP contribution < -0.4 is 4.90 Å². The first-order valence-electron chi connectivity index (χ1n) is 10.2. The SMILES string of the molecule is CCCC(=O)N1CCc2nc(-c3ccccc3)nc(N3CCCCC3)c2C1. The summed E-state index contributed by atoms with van der Waals surface area (Å²) < 4.78 is 0. The number of hydrogen-bond donors (Lipinski definition) is 0. The van der Waals surface area contributed by atoms with Gasteiger partial charge in [-0.15, -0.1) is 0 Å². The van der Waals surface area contributed by atoms with Crippen molar-refractivity contribution in [2.75, 3.05) is 24.5 Å². The molecular formula is C22H28N4O. The zero-order valence-corrected chi connectivity index (χ0v) is 16.2. The number of carbonyl (C=O) groups excluding carboxylic acids is 1. The number of carbonyl (C=O) groups is 1. The molecule has 1 saturated heterocycles. The Morgan fingerprint density at radius 1 is 1.04 bits per heavy atom. The highest BCUT2D eigenvalue weighted by Crippen LogP contribution is 2.31. The van der Waals surface area contributed by atoms with Crippen LogP contribution in [0.15, 0.2) is 30.3 Å². The molecule has 5 heteroatoms. The number of anilines is 1. The van der Waals surface area contributed by atoms with Gasteiger partial charge in [0.1, 0.15) is 5.82 Å². The predicted molar refractivity (Wildman–Crippen MR) is 108 cm³/mol. The van der Waals surface area contributed by atoms with Crippen LogP contribution in [-0.4, -0.2) is 40.4 Å². The third-order valence-electron chi connectivity index (χ3n) is 5.54. The Hall–Kier alpha value is -2.43. The van der Waals surface area contributed by atoms with E-state index >= 15 is 0 Å². The Bertz CT molecular complexity index is 799. The maximum Gasteiger partial charge on any atom is 0.222 e. The van der Waals surface area contributed by atoms with Crippen LogP contribution in [0.25, 0.3) is 11.4 Å². The van der Waals surface area contributed by atoms with Crippen molar-refractivity contribution >= 4 is 11.7 Å². The number of amides is 1. The fourth-order valence-electron chi connectivity index (χ4n) is 4.07. The number of piperidine rings is 1. The number of fused-ring (bicyclic) bond motifs is 1. The second-order valence-corrected chi connectivity index (χ2v) is 7.53. The molecule has 2 aliphatic rings. The van der Waals surface area contributed by atoms with E-state index in [0.717, 1.165) is 60.9 Å². The van der Waals surface area contributed by atoms with E-state index in [1.54, 1.807) is 0 Å². The zero-order chi connectivity index (χ0) is 18.6. The number of rotatable bonds is 4. The largest absolute Gasteiger partial charge is 0.356 e. The number of nitrogens with zero attached hydrogens (tertiary/aromatic N) is 4. The topological polar surface area (TPSA) is 49.3 Å². The van der Waals surface area contributed by atoms with Crippen molar-refractivity contribution in [3.63, 3.8) is 0 Å². The molecule has 3 heterocycles. The minimum Gasteiger partial charge on any atom is -0.356 e. The number of aromatic nitrogens is 2. The van der Waals surface area contributed by atoms with Crippen molar-refractivity contribution in [3.8, 4) is 11.4 Å². The van der Waals surface area contributed by atoms with Gasteiger partial charge in [-0.1, -0.05) is 37.3 Å². The summed E-state index contributed by atoms with van der Waals surface area (Å²) in [5.41, 5.74) is 3.33. The molecule has 1 amide bonds. The van der Waals surface area contributed by atoms with Gasteiger partial charge in [0.25, 0.3) is 0 Å². The molecule has 1 fully saturated rings. The van der Waals surface area contributed by atoms with Crippen molar-refractivity contribution in [2.24, 2.45) is 0 Å². The van der Waals surface area contributed by atoms with Crippen molar-refractivity contribution in [1.82, 2.24) is 14.9 Å². The van der Waals surface area contributed by atoms with E-state index in [2.05, 4.69) is 24.0 Å². The van der Waals surface area contributed by atoms with E-state index in [-0.39, 0.29) is 5.91 Å². The smallest absolute Gasteiger partial charge is 0.222 e. The van der Waals surface area contributed by atoms with Crippen molar-refractivity contribution < 1.29 is 4.79 Å². The Kier molecular flexibility index (Phi) is 5.37. The lowest BCUT2D eigenvalue weighted by atomic mass is 10.0. The van der Waals surface area contributed by atoms with Gasteiger partial charge in [-0.2, -0.15) is 0 Å². The summed E-state index contributed by atoms with van der Waals surface area (Å²) in [5.74, 6) is 2.11. The highest BCUT2D eigenvalue weighted by Gasteiger charge is 2.28. The highest BCUT2D eigenvalue weighted by molar-refractivity contribution is 5.77. The summed E-state index contributed by atoms with van der Waals surface area (Å²) >= 11 is 0. The van der Waals surface area contributed by atoms with E-state index in [1.165, 1.54) is 19.3 Å². The van der Waals surface area contributed by atoms with Gasteiger partial charge in [0.2, 0.25) is 5.91 Å². The van der Waals surface area contributed by atoms with Crippen LogP contribution in [0.5, 0.6) is 0 Å². The minimum atomic E-state index is 0.250. The molecule has 142 valence electrons. The summed E-state index contributed by atoms with van der Waals surface area (Å²) in [6.07, 6.45) is 6.03. The summed E-state index contributed by atoms with van der Waals surface area (Å²) in [6.45, 7) is 5.55. The second kappa shape index (κ2) is 8.07. The van der Waals surface area contributed by atoms with Crippen LogP contribution in [-0.2, 0) is 17.8 Å². The molecule has 27 heavy (non-hydrogen) atoms. The molecule has 4 rings (SSSR count). The van der Waals surface area contributed by atoms with E-state index in [4.69, 9.17) is 9.97 Å². The first kappa shape index (κ1) is 18.0. The molecule has 0 spiro atoms. The molecule has 2 aromatic rings. The van der Waals surface area contributed by atoms with Gasteiger partial charge in [0, 0.05) is 43.6 Å². The minimum absolute atomic E-state index is 0.250. The van der Waals surface area contributed by atoms with Crippen LogP contribution in [0.1, 0.15) is 50.3 Å². The molecule has 5 nitrogen and oxygen atoms in total.